The number of ether oxygens (including phenoxy) is 1. The van der Waals surface area contributed by atoms with Gasteiger partial charge in [-0.25, -0.2) is 9.89 Å². The predicted octanol–water partition coefficient (Wildman–Crippen LogP) is 2.21. The Kier molecular flexibility index (Phi) is 5.43. The van der Waals surface area contributed by atoms with Crippen molar-refractivity contribution >= 4 is 11.8 Å². The summed E-state index contributed by atoms with van der Waals surface area (Å²) in [4.78, 5) is 11.7. The second kappa shape index (κ2) is 7.31. The third-order valence-corrected chi connectivity index (χ3v) is 3.95. The Hall–Kier alpha value is -1.53. The van der Waals surface area contributed by atoms with Crippen LogP contribution in [0.4, 0.5) is 0 Å². The second-order valence-electron chi connectivity index (χ2n) is 4.59. The Labute approximate surface area is 122 Å². The van der Waals surface area contributed by atoms with Gasteiger partial charge in [-0.3, -0.25) is 4.57 Å². The van der Waals surface area contributed by atoms with E-state index < -0.39 is 0 Å². The number of aromatic amines is 1. The maximum absolute atomic E-state index is 11.7. The van der Waals surface area contributed by atoms with Crippen LogP contribution in [0.15, 0.2) is 34.2 Å². The van der Waals surface area contributed by atoms with Crippen LogP contribution in [0.2, 0.25) is 0 Å². The molecule has 2 aromatic rings. The molecule has 0 bridgehead atoms. The van der Waals surface area contributed by atoms with E-state index in [2.05, 4.69) is 35.3 Å². The van der Waals surface area contributed by atoms with Gasteiger partial charge in [-0.15, -0.1) is 5.10 Å². The molecule has 0 atom stereocenters. The number of hydrogen-bond donors (Lipinski definition) is 1. The zero-order valence-corrected chi connectivity index (χ0v) is 12.6. The predicted molar refractivity (Wildman–Crippen MR) is 80.1 cm³/mol. The van der Waals surface area contributed by atoms with Crippen molar-refractivity contribution in [2.75, 3.05) is 13.7 Å². The Morgan fingerprint density at radius 2 is 2.30 bits per heavy atom. The molecule has 108 valence electrons. The first-order valence-electron chi connectivity index (χ1n) is 6.53. The summed E-state index contributed by atoms with van der Waals surface area (Å²) in [5.41, 5.74) is 2.31. The van der Waals surface area contributed by atoms with Crippen molar-refractivity contribution in [2.24, 2.45) is 0 Å². The molecule has 2 rings (SSSR count). The van der Waals surface area contributed by atoms with Crippen molar-refractivity contribution in [1.29, 1.82) is 0 Å². The lowest BCUT2D eigenvalue weighted by Gasteiger charge is -2.05. The molecule has 0 unspecified atom stereocenters. The van der Waals surface area contributed by atoms with E-state index in [0.29, 0.717) is 13.2 Å². The van der Waals surface area contributed by atoms with Crippen LogP contribution in [0.3, 0.4) is 0 Å². The van der Waals surface area contributed by atoms with Gasteiger partial charge in [0.2, 0.25) is 0 Å². The van der Waals surface area contributed by atoms with Gasteiger partial charge in [0.05, 0.1) is 0 Å². The summed E-state index contributed by atoms with van der Waals surface area (Å²) in [7, 11) is 1.66. The summed E-state index contributed by atoms with van der Waals surface area (Å²) in [6, 6.07) is 8.35. The first-order valence-corrected chi connectivity index (χ1v) is 7.52. The number of rotatable bonds is 7. The lowest BCUT2D eigenvalue weighted by atomic mass is 10.2. The highest BCUT2D eigenvalue weighted by molar-refractivity contribution is 7.98. The molecule has 0 aliphatic carbocycles. The van der Waals surface area contributed by atoms with Crippen molar-refractivity contribution in [3.63, 3.8) is 0 Å². The van der Waals surface area contributed by atoms with Crippen LogP contribution >= 0.6 is 11.8 Å². The summed E-state index contributed by atoms with van der Waals surface area (Å²) in [5, 5.41) is 7.32. The van der Waals surface area contributed by atoms with E-state index in [0.717, 1.165) is 17.3 Å². The molecule has 0 radical (unpaired) electrons. The van der Waals surface area contributed by atoms with E-state index >= 15 is 0 Å². The van der Waals surface area contributed by atoms with Gasteiger partial charge in [0.1, 0.15) is 0 Å². The van der Waals surface area contributed by atoms with Crippen molar-refractivity contribution in [3.8, 4) is 0 Å². The van der Waals surface area contributed by atoms with Crippen LogP contribution in [-0.2, 0) is 17.0 Å². The van der Waals surface area contributed by atoms with E-state index in [1.54, 1.807) is 23.4 Å². The minimum Gasteiger partial charge on any atom is -0.385 e. The Balaban J connectivity index is 2.00. The van der Waals surface area contributed by atoms with Crippen LogP contribution in [-0.4, -0.2) is 28.5 Å². The van der Waals surface area contributed by atoms with Gasteiger partial charge in [-0.2, -0.15) is 0 Å². The molecule has 1 N–H and O–H groups in total. The highest BCUT2D eigenvalue weighted by Gasteiger charge is 2.08. The van der Waals surface area contributed by atoms with E-state index in [1.807, 2.05) is 6.07 Å². The fourth-order valence-corrected chi connectivity index (χ4v) is 2.84. The third-order valence-electron chi connectivity index (χ3n) is 2.90. The van der Waals surface area contributed by atoms with Crippen LogP contribution in [0, 0.1) is 6.92 Å². The van der Waals surface area contributed by atoms with Gasteiger partial charge >= 0.3 is 5.69 Å². The largest absolute Gasteiger partial charge is 0.385 e. The van der Waals surface area contributed by atoms with Crippen LogP contribution in [0.1, 0.15) is 17.5 Å². The molecule has 1 heterocycles. The molecule has 1 aromatic carbocycles. The monoisotopic (exact) mass is 293 g/mol. The van der Waals surface area contributed by atoms with E-state index in [-0.39, 0.29) is 5.69 Å². The molecule has 0 saturated carbocycles. The molecule has 0 spiro atoms. The number of H-pyrrole nitrogens is 1. The minimum absolute atomic E-state index is 0.159. The smallest absolute Gasteiger partial charge is 0.343 e. The van der Waals surface area contributed by atoms with Crippen molar-refractivity contribution < 1.29 is 4.74 Å². The lowest BCUT2D eigenvalue weighted by molar-refractivity contribution is 0.189. The number of hydrogen-bond acceptors (Lipinski definition) is 4. The molecular formula is C14H19N3O2S. The molecule has 0 saturated heterocycles. The van der Waals surface area contributed by atoms with Gasteiger partial charge in [-0.1, -0.05) is 41.6 Å². The molecule has 0 aliphatic heterocycles. The molecule has 5 nitrogen and oxygen atoms in total. The summed E-state index contributed by atoms with van der Waals surface area (Å²) in [6.45, 7) is 3.34. The highest BCUT2D eigenvalue weighted by atomic mass is 32.2. The lowest BCUT2D eigenvalue weighted by Crippen LogP contribution is -2.18. The summed E-state index contributed by atoms with van der Waals surface area (Å²) < 4.78 is 6.68. The van der Waals surface area contributed by atoms with Crippen molar-refractivity contribution in [2.45, 2.75) is 30.8 Å². The summed E-state index contributed by atoms with van der Waals surface area (Å²) in [6.07, 6.45) is 0.800. The van der Waals surface area contributed by atoms with E-state index in [1.165, 1.54) is 11.1 Å². The fraction of sp³-hybridized carbons (Fsp3) is 0.429. The number of nitrogens with zero attached hydrogens (tertiary/aromatic N) is 2. The zero-order chi connectivity index (χ0) is 14.4. The standard InChI is InChI=1S/C14H19N3O2S/c1-11-5-3-6-12(9-11)10-20-14-16-15-13(18)17(14)7-4-8-19-2/h3,5-6,9H,4,7-8,10H2,1-2H3,(H,15,18). The third kappa shape index (κ3) is 3.98. The first-order chi connectivity index (χ1) is 9.70. The SMILES string of the molecule is COCCCn1c(SCc2cccc(C)c2)n[nH]c1=O. The zero-order valence-electron chi connectivity index (χ0n) is 11.8. The Morgan fingerprint density at radius 1 is 1.45 bits per heavy atom. The number of thioether (sulfide) groups is 1. The number of aryl methyl sites for hydroxylation is 1. The number of nitrogens with one attached hydrogen (secondary N) is 1. The summed E-state index contributed by atoms with van der Waals surface area (Å²) >= 11 is 1.57. The van der Waals surface area contributed by atoms with Crippen LogP contribution in [0.5, 0.6) is 0 Å². The van der Waals surface area contributed by atoms with Crippen LogP contribution < -0.4 is 5.69 Å². The molecule has 0 aliphatic rings. The van der Waals surface area contributed by atoms with Crippen molar-refractivity contribution in [1.82, 2.24) is 14.8 Å². The molecule has 6 heteroatoms. The van der Waals surface area contributed by atoms with Gasteiger partial charge in [-0.05, 0) is 18.9 Å². The van der Waals surface area contributed by atoms with Crippen LogP contribution in [0.25, 0.3) is 0 Å². The maximum atomic E-state index is 11.7. The number of aromatic nitrogens is 3. The van der Waals surface area contributed by atoms with Gasteiger partial charge < -0.3 is 4.74 Å². The molecular weight excluding hydrogens is 274 g/mol. The Morgan fingerprint density at radius 3 is 3.05 bits per heavy atom. The first kappa shape index (κ1) is 14.9. The van der Waals surface area contributed by atoms with Crippen molar-refractivity contribution in [3.05, 3.63) is 45.9 Å². The molecule has 1 aromatic heterocycles. The quantitative estimate of drug-likeness (QED) is 0.628. The highest BCUT2D eigenvalue weighted by Crippen LogP contribution is 2.20. The average molecular weight is 293 g/mol. The molecule has 0 fully saturated rings. The topological polar surface area (TPSA) is 59.9 Å². The summed E-state index contributed by atoms with van der Waals surface area (Å²) in [5.74, 6) is 0.802. The molecule has 20 heavy (non-hydrogen) atoms. The van der Waals surface area contributed by atoms with E-state index in [9.17, 15) is 4.79 Å². The van der Waals surface area contributed by atoms with Gasteiger partial charge in [0, 0.05) is 26.0 Å². The van der Waals surface area contributed by atoms with Gasteiger partial charge in [0.25, 0.3) is 0 Å². The maximum Gasteiger partial charge on any atom is 0.343 e. The fourth-order valence-electron chi connectivity index (χ4n) is 1.93. The molecule has 0 amide bonds. The number of benzene rings is 1. The Bertz CT molecular complexity index is 606. The second-order valence-corrected chi connectivity index (χ2v) is 5.53. The van der Waals surface area contributed by atoms with E-state index in [4.69, 9.17) is 4.74 Å². The average Bonchev–Trinajstić information content (AvgIpc) is 2.78. The number of methoxy groups -OCH3 is 1. The van der Waals surface area contributed by atoms with Gasteiger partial charge in [0.15, 0.2) is 5.16 Å². The minimum atomic E-state index is -0.159. The normalized spacial score (nSPS) is 10.9.